The molecule has 1 heterocycles. The number of nitrogens with zero attached hydrogens (tertiary/aromatic N) is 3. The highest BCUT2D eigenvalue weighted by molar-refractivity contribution is 9.10. The Morgan fingerprint density at radius 2 is 1.85 bits per heavy atom. The Hall–Kier alpha value is -1.83. The molecule has 5 nitrogen and oxygen atoms in total. The fourth-order valence-electron chi connectivity index (χ4n) is 2.27. The van der Waals surface area contributed by atoms with Crippen molar-refractivity contribution in [3.8, 4) is 11.4 Å². The van der Waals surface area contributed by atoms with Crippen molar-refractivity contribution in [3.63, 3.8) is 0 Å². The quantitative estimate of drug-likeness (QED) is 0.568. The number of hydrogen-bond donors (Lipinski definition) is 1. The lowest BCUT2D eigenvalue weighted by Crippen LogP contribution is -2.24. The Morgan fingerprint density at radius 1 is 1.15 bits per heavy atom. The third-order valence-corrected chi connectivity index (χ3v) is 5.47. The van der Waals surface area contributed by atoms with Gasteiger partial charge in [0.1, 0.15) is 0 Å². The van der Waals surface area contributed by atoms with E-state index in [1.54, 1.807) is 12.1 Å². The molecule has 0 aliphatic heterocycles. The van der Waals surface area contributed by atoms with E-state index in [2.05, 4.69) is 31.4 Å². The molecule has 0 unspecified atom stereocenters. The summed E-state index contributed by atoms with van der Waals surface area (Å²) in [6, 6.07) is 15.3. The van der Waals surface area contributed by atoms with Gasteiger partial charge in [-0.05, 0) is 29.8 Å². The van der Waals surface area contributed by atoms with Crippen LogP contribution in [0.4, 0.5) is 0 Å². The van der Waals surface area contributed by atoms with Gasteiger partial charge in [-0.25, -0.2) is 0 Å². The summed E-state index contributed by atoms with van der Waals surface area (Å²) in [5.41, 5.74) is 1.98. The Morgan fingerprint density at radius 3 is 2.54 bits per heavy atom. The SMILES string of the molecule is Cn1c(SCC(=O)NCc2ccc(Cl)cc2)nnc1-c1ccc(Br)cc1. The molecule has 3 rings (SSSR count). The monoisotopic (exact) mass is 450 g/mol. The maximum atomic E-state index is 12.1. The lowest BCUT2D eigenvalue weighted by molar-refractivity contribution is -0.118. The van der Waals surface area contributed by atoms with Crippen LogP contribution in [0.2, 0.25) is 5.02 Å². The first-order valence-electron chi connectivity index (χ1n) is 7.82. The van der Waals surface area contributed by atoms with E-state index in [0.29, 0.717) is 16.7 Å². The standard InChI is InChI=1S/C18H16BrClN4OS/c1-24-17(13-4-6-14(19)7-5-13)22-23-18(24)26-11-16(25)21-10-12-2-8-15(20)9-3-12/h2-9H,10-11H2,1H3,(H,21,25). The van der Waals surface area contributed by atoms with Crippen molar-refractivity contribution in [3.05, 3.63) is 63.6 Å². The zero-order valence-corrected chi connectivity index (χ0v) is 17.1. The van der Waals surface area contributed by atoms with Gasteiger partial charge in [-0.2, -0.15) is 0 Å². The van der Waals surface area contributed by atoms with Gasteiger partial charge in [0.05, 0.1) is 5.75 Å². The molecule has 0 fully saturated rings. The first-order chi connectivity index (χ1) is 12.5. The van der Waals surface area contributed by atoms with Crippen LogP contribution in [-0.4, -0.2) is 26.4 Å². The van der Waals surface area contributed by atoms with Crippen LogP contribution in [0.25, 0.3) is 11.4 Å². The summed E-state index contributed by atoms with van der Waals surface area (Å²) in [6.45, 7) is 0.472. The van der Waals surface area contributed by atoms with Crippen LogP contribution in [0, 0.1) is 0 Å². The number of rotatable bonds is 6. The molecule has 26 heavy (non-hydrogen) atoms. The summed E-state index contributed by atoms with van der Waals surface area (Å²) >= 11 is 10.6. The molecule has 8 heteroatoms. The molecule has 0 aliphatic carbocycles. The number of carbonyl (C=O) groups is 1. The first kappa shape index (κ1) is 18.9. The minimum Gasteiger partial charge on any atom is -0.351 e. The molecule has 0 bridgehead atoms. The number of benzene rings is 2. The average Bonchev–Trinajstić information content (AvgIpc) is 3.01. The minimum absolute atomic E-state index is 0.0573. The van der Waals surface area contributed by atoms with Gasteiger partial charge in [-0.15, -0.1) is 10.2 Å². The van der Waals surface area contributed by atoms with Crippen molar-refractivity contribution in [1.29, 1.82) is 0 Å². The van der Waals surface area contributed by atoms with Crippen molar-refractivity contribution < 1.29 is 4.79 Å². The number of hydrogen-bond acceptors (Lipinski definition) is 4. The predicted molar refractivity (Wildman–Crippen MR) is 108 cm³/mol. The van der Waals surface area contributed by atoms with Crippen molar-refractivity contribution in [2.75, 3.05) is 5.75 Å². The second-order valence-corrected chi connectivity index (χ2v) is 7.86. The van der Waals surface area contributed by atoms with Crippen LogP contribution in [-0.2, 0) is 18.4 Å². The summed E-state index contributed by atoms with van der Waals surface area (Å²) in [6.07, 6.45) is 0. The van der Waals surface area contributed by atoms with Crippen molar-refractivity contribution >= 4 is 45.2 Å². The van der Waals surface area contributed by atoms with Crippen LogP contribution >= 0.6 is 39.3 Å². The lowest BCUT2D eigenvalue weighted by atomic mass is 10.2. The molecule has 134 valence electrons. The number of amides is 1. The van der Waals surface area contributed by atoms with Crippen LogP contribution in [0.1, 0.15) is 5.56 Å². The molecule has 1 amide bonds. The maximum Gasteiger partial charge on any atom is 0.230 e. The highest BCUT2D eigenvalue weighted by Gasteiger charge is 2.12. The van der Waals surface area contributed by atoms with Crippen molar-refractivity contribution in [2.24, 2.45) is 7.05 Å². The molecule has 1 N–H and O–H groups in total. The second-order valence-electron chi connectivity index (χ2n) is 5.56. The Bertz CT molecular complexity index is 897. The fraction of sp³-hybridized carbons (Fsp3) is 0.167. The van der Waals surface area contributed by atoms with Gasteiger partial charge in [-0.1, -0.05) is 63.6 Å². The molecular weight excluding hydrogens is 436 g/mol. The molecule has 0 saturated carbocycles. The number of carbonyl (C=O) groups excluding carboxylic acids is 1. The van der Waals surface area contributed by atoms with Gasteiger partial charge in [0.15, 0.2) is 11.0 Å². The van der Waals surface area contributed by atoms with Crippen LogP contribution in [0.3, 0.4) is 0 Å². The smallest absolute Gasteiger partial charge is 0.230 e. The van der Waals surface area contributed by atoms with E-state index in [-0.39, 0.29) is 11.7 Å². The molecule has 0 radical (unpaired) electrons. The molecule has 1 aromatic heterocycles. The summed E-state index contributed by atoms with van der Waals surface area (Å²) in [5, 5.41) is 12.7. The highest BCUT2D eigenvalue weighted by Crippen LogP contribution is 2.23. The average molecular weight is 452 g/mol. The first-order valence-corrected chi connectivity index (χ1v) is 9.98. The van der Waals surface area contributed by atoms with Crippen molar-refractivity contribution in [2.45, 2.75) is 11.7 Å². The zero-order chi connectivity index (χ0) is 18.5. The van der Waals surface area contributed by atoms with Gasteiger partial charge < -0.3 is 9.88 Å². The highest BCUT2D eigenvalue weighted by atomic mass is 79.9. The lowest BCUT2D eigenvalue weighted by Gasteiger charge is -2.06. The Labute approximate surface area is 169 Å². The van der Waals surface area contributed by atoms with E-state index in [4.69, 9.17) is 11.6 Å². The van der Waals surface area contributed by atoms with Crippen LogP contribution < -0.4 is 5.32 Å². The van der Waals surface area contributed by atoms with E-state index in [1.165, 1.54) is 11.8 Å². The van der Waals surface area contributed by atoms with Crippen LogP contribution in [0.5, 0.6) is 0 Å². The van der Waals surface area contributed by atoms with Gasteiger partial charge in [0.25, 0.3) is 0 Å². The predicted octanol–water partition coefficient (Wildman–Crippen LogP) is 4.31. The molecule has 0 saturated heterocycles. The molecule has 0 aliphatic rings. The Kier molecular flexibility index (Phi) is 6.34. The third kappa shape index (κ3) is 4.87. The summed E-state index contributed by atoms with van der Waals surface area (Å²) in [7, 11) is 1.89. The third-order valence-electron chi connectivity index (χ3n) is 3.67. The molecule has 0 atom stereocenters. The number of nitrogens with one attached hydrogen (secondary N) is 1. The van der Waals surface area contributed by atoms with E-state index in [0.717, 1.165) is 21.4 Å². The number of thioether (sulfide) groups is 1. The van der Waals surface area contributed by atoms with Gasteiger partial charge in [0.2, 0.25) is 5.91 Å². The van der Waals surface area contributed by atoms with Crippen LogP contribution in [0.15, 0.2) is 58.2 Å². The van der Waals surface area contributed by atoms with Gasteiger partial charge in [-0.3, -0.25) is 4.79 Å². The van der Waals surface area contributed by atoms with Gasteiger partial charge >= 0.3 is 0 Å². The topological polar surface area (TPSA) is 59.8 Å². The maximum absolute atomic E-state index is 12.1. The van der Waals surface area contributed by atoms with Crippen molar-refractivity contribution in [1.82, 2.24) is 20.1 Å². The number of aromatic nitrogens is 3. The Balaban J connectivity index is 1.55. The van der Waals surface area contributed by atoms with Gasteiger partial charge in [0, 0.05) is 28.7 Å². The minimum atomic E-state index is -0.0573. The number of halogens is 2. The largest absolute Gasteiger partial charge is 0.351 e. The second kappa shape index (κ2) is 8.70. The van der Waals surface area contributed by atoms with E-state index >= 15 is 0 Å². The summed E-state index contributed by atoms with van der Waals surface area (Å²) in [5.74, 6) is 0.986. The summed E-state index contributed by atoms with van der Waals surface area (Å²) in [4.78, 5) is 12.1. The molecule has 2 aromatic carbocycles. The van der Waals surface area contributed by atoms with E-state index < -0.39 is 0 Å². The molecule has 3 aromatic rings. The summed E-state index contributed by atoms with van der Waals surface area (Å²) < 4.78 is 2.90. The molecular formula is C18H16BrClN4OS. The van der Waals surface area contributed by atoms with E-state index in [9.17, 15) is 4.79 Å². The molecule has 0 spiro atoms. The fourth-order valence-corrected chi connectivity index (χ4v) is 3.41. The zero-order valence-electron chi connectivity index (χ0n) is 13.9. The normalized spacial score (nSPS) is 10.7. The van der Waals surface area contributed by atoms with E-state index in [1.807, 2.05) is 48.0 Å².